The van der Waals surface area contributed by atoms with Gasteiger partial charge in [0.25, 0.3) is 0 Å². The van der Waals surface area contributed by atoms with Crippen molar-refractivity contribution in [1.29, 1.82) is 0 Å². The highest BCUT2D eigenvalue weighted by molar-refractivity contribution is 5.71. The van der Waals surface area contributed by atoms with Gasteiger partial charge in [-0.2, -0.15) is 0 Å². The van der Waals surface area contributed by atoms with Crippen LogP contribution in [-0.4, -0.2) is 33.5 Å². The van der Waals surface area contributed by atoms with Gasteiger partial charge in [0.15, 0.2) is 0 Å². The second-order valence-electron chi connectivity index (χ2n) is 5.75. The molecule has 0 bridgehead atoms. The van der Waals surface area contributed by atoms with Crippen molar-refractivity contribution in [2.45, 2.75) is 70.7 Å². The molecule has 4 nitrogen and oxygen atoms in total. The summed E-state index contributed by atoms with van der Waals surface area (Å²) < 4.78 is 5.92. The normalized spacial score (nSPS) is 34.3. The number of hydrogen-bond acceptors (Lipinski definition) is 3. The SMILES string of the molecule is CCC[C@H](O)[C@@]1(C)CC[C@H](C(=O)O)C(C)(C)O1. The summed E-state index contributed by atoms with van der Waals surface area (Å²) in [5.74, 6) is -1.31. The number of aliphatic hydroxyl groups excluding tert-OH is 1. The van der Waals surface area contributed by atoms with Crippen molar-refractivity contribution in [3.8, 4) is 0 Å². The second kappa shape index (κ2) is 4.94. The fourth-order valence-electron chi connectivity index (χ4n) is 2.74. The Hall–Kier alpha value is -0.610. The molecular weight excluding hydrogens is 220 g/mol. The molecule has 1 aliphatic rings. The molecule has 0 aromatic rings. The van der Waals surface area contributed by atoms with Gasteiger partial charge in [0.1, 0.15) is 0 Å². The van der Waals surface area contributed by atoms with Crippen molar-refractivity contribution in [2.24, 2.45) is 5.92 Å². The summed E-state index contributed by atoms with van der Waals surface area (Å²) in [5.41, 5.74) is -1.35. The van der Waals surface area contributed by atoms with E-state index in [-0.39, 0.29) is 0 Å². The number of hydrogen-bond donors (Lipinski definition) is 2. The Morgan fingerprint density at radius 3 is 2.47 bits per heavy atom. The van der Waals surface area contributed by atoms with Crippen molar-refractivity contribution >= 4 is 5.97 Å². The van der Waals surface area contributed by atoms with Crippen LogP contribution in [0.2, 0.25) is 0 Å². The number of ether oxygens (including phenoxy) is 1. The zero-order valence-corrected chi connectivity index (χ0v) is 11.2. The number of rotatable bonds is 4. The minimum atomic E-state index is -0.818. The maximum Gasteiger partial charge on any atom is 0.309 e. The smallest absolute Gasteiger partial charge is 0.309 e. The molecule has 0 radical (unpaired) electrons. The van der Waals surface area contributed by atoms with E-state index in [0.717, 1.165) is 6.42 Å². The Bertz CT molecular complexity index is 287. The quantitative estimate of drug-likeness (QED) is 0.795. The molecule has 0 unspecified atom stereocenters. The molecule has 0 amide bonds. The molecule has 17 heavy (non-hydrogen) atoms. The fourth-order valence-corrected chi connectivity index (χ4v) is 2.74. The summed E-state index contributed by atoms with van der Waals surface area (Å²) >= 11 is 0. The van der Waals surface area contributed by atoms with E-state index in [1.165, 1.54) is 0 Å². The van der Waals surface area contributed by atoms with Crippen LogP contribution in [0, 0.1) is 5.92 Å². The molecule has 0 saturated carbocycles. The summed E-state index contributed by atoms with van der Waals surface area (Å²) in [4.78, 5) is 11.1. The number of aliphatic carboxylic acids is 1. The Labute approximate surface area is 103 Å². The van der Waals surface area contributed by atoms with E-state index in [0.29, 0.717) is 19.3 Å². The van der Waals surface area contributed by atoms with Gasteiger partial charge >= 0.3 is 5.97 Å². The predicted molar refractivity (Wildman–Crippen MR) is 64.8 cm³/mol. The maximum absolute atomic E-state index is 11.1. The molecular formula is C13H24O4. The summed E-state index contributed by atoms with van der Waals surface area (Å²) in [6, 6.07) is 0. The molecule has 4 heteroatoms. The highest BCUT2D eigenvalue weighted by atomic mass is 16.5. The third-order valence-electron chi connectivity index (χ3n) is 3.83. The molecule has 1 rings (SSSR count). The van der Waals surface area contributed by atoms with E-state index in [4.69, 9.17) is 9.84 Å². The molecule has 0 aromatic carbocycles. The minimum Gasteiger partial charge on any atom is -0.481 e. The number of carboxylic acid groups (broad SMARTS) is 1. The molecule has 1 saturated heterocycles. The molecule has 0 aliphatic carbocycles. The molecule has 1 aliphatic heterocycles. The summed E-state index contributed by atoms with van der Waals surface area (Å²) in [5, 5.41) is 19.3. The lowest BCUT2D eigenvalue weighted by atomic mass is 9.76. The van der Waals surface area contributed by atoms with Gasteiger partial charge in [-0.25, -0.2) is 0 Å². The van der Waals surface area contributed by atoms with Crippen LogP contribution in [0.5, 0.6) is 0 Å². The van der Waals surface area contributed by atoms with Crippen molar-refractivity contribution in [1.82, 2.24) is 0 Å². The molecule has 1 heterocycles. The zero-order valence-electron chi connectivity index (χ0n) is 11.2. The van der Waals surface area contributed by atoms with E-state index in [1.54, 1.807) is 13.8 Å². The lowest BCUT2D eigenvalue weighted by Gasteiger charge is -2.48. The first-order chi connectivity index (χ1) is 7.73. The number of carbonyl (C=O) groups is 1. The van der Waals surface area contributed by atoms with E-state index in [9.17, 15) is 9.90 Å². The van der Waals surface area contributed by atoms with Crippen molar-refractivity contribution in [3.05, 3.63) is 0 Å². The van der Waals surface area contributed by atoms with Gasteiger partial charge in [0.05, 0.1) is 23.2 Å². The Balaban J connectivity index is 2.81. The van der Waals surface area contributed by atoms with Crippen LogP contribution < -0.4 is 0 Å². The van der Waals surface area contributed by atoms with Gasteiger partial charge in [0, 0.05) is 0 Å². The summed E-state index contributed by atoms with van der Waals surface area (Å²) in [6.07, 6.45) is 2.20. The van der Waals surface area contributed by atoms with E-state index < -0.39 is 29.2 Å². The number of carboxylic acids is 1. The summed E-state index contributed by atoms with van der Waals surface area (Å²) in [7, 11) is 0. The third-order valence-corrected chi connectivity index (χ3v) is 3.83. The molecule has 1 fully saturated rings. The van der Waals surface area contributed by atoms with E-state index in [1.807, 2.05) is 13.8 Å². The average molecular weight is 244 g/mol. The van der Waals surface area contributed by atoms with Crippen LogP contribution in [0.25, 0.3) is 0 Å². The molecule has 0 aromatic heterocycles. The van der Waals surface area contributed by atoms with Gasteiger partial charge in [0.2, 0.25) is 0 Å². The Kier molecular flexibility index (Phi) is 4.20. The van der Waals surface area contributed by atoms with Crippen LogP contribution in [-0.2, 0) is 9.53 Å². The number of aliphatic hydroxyl groups is 1. The first-order valence-electron chi connectivity index (χ1n) is 6.34. The maximum atomic E-state index is 11.1. The Morgan fingerprint density at radius 1 is 1.47 bits per heavy atom. The summed E-state index contributed by atoms with van der Waals surface area (Å²) in [6.45, 7) is 7.48. The molecule has 2 N–H and O–H groups in total. The van der Waals surface area contributed by atoms with Crippen molar-refractivity contribution in [3.63, 3.8) is 0 Å². The minimum absolute atomic E-state index is 0.496. The lowest BCUT2D eigenvalue weighted by molar-refractivity contribution is -0.233. The van der Waals surface area contributed by atoms with Crippen LogP contribution in [0.4, 0.5) is 0 Å². The van der Waals surface area contributed by atoms with Crippen LogP contribution in [0.3, 0.4) is 0 Å². The average Bonchev–Trinajstić information content (AvgIpc) is 2.15. The molecule has 0 spiro atoms. The first kappa shape index (κ1) is 14.5. The van der Waals surface area contributed by atoms with Gasteiger partial charge in [-0.05, 0) is 40.0 Å². The highest BCUT2D eigenvalue weighted by Crippen LogP contribution is 2.41. The largest absolute Gasteiger partial charge is 0.481 e. The van der Waals surface area contributed by atoms with Crippen LogP contribution in [0.1, 0.15) is 53.4 Å². The standard InChI is InChI=1S/C13H24O4/c1-5-6-10(14)13(4)8-7-9(11(15)16)12(2,3)17-13/h9-10,14H,5-8H2,1-4H3,(H,15,16)/t9-,10+,13-/m1/s1. The molecule has 100 valence electrons. The zero-order chi connectivity index (χ0) is 13.3. The predicted octanol–water partition coefficient (Wildman–Crippen LogP) is 2.20. The van der Waals surface area contributed by atoms with Crippen LogP contribution >= 0.6 is 0 Å². The van der Waals surface area contributed by atoms with Crippen molar-refractivity contribution < 1.29 is 19.7 Å². The van der Waals surface area contributed by atoms with E-state index in [2.05, 4.69) is 0 Å². The topological polar surface area (TPSA) is 66.8 Å². The highest BCUT2D eigenvalue weighted by Gasteiger charge is 2.49. The van der Waals surface area contributed by atoms with Crippen molar-refractivity contribution in [2.75, 3.05) is 0 Å². The van der Waals surface area contributed by atoms with Crippen LogP contribution in [0.15, 0.2) is 0 Å². The lowest BCUT2D eigenvalue weighted by Crippen LogP contribution is -2.56. The first-order valence-corrected chi connectivity index (χ1v) is 6.34. The van der Waals surface area contributed by atoms with Gasteiger partial charge in [-0.15, -0.1) is 0 Å². The second-order valence-corrected chi connectivity index (χ2v) is 5.75. The Morgan fingerprint density at radius 2 is 2.06 bits per heavy atom. The van der Waals surface area contributed by atoms with Gasteiger partial charge < -0.3 is 14.9 Å². The fraction of sp³-hybridized carbons (Fsp3) is 0.923. The monoisotopic (exact) mass is 244 g/mol. The molecule has 3 atom stereocenters. The van der Waals surface area contributed by atoms with E-state index >= 15 is 0 Å². The van der Waals surface area contributed by atoms with Gasteiger partial charge in [-0.3, -0.25) is 4.79 Å². The van der Waals surface area contributed by atoms with Gasteiger partial charge in [-0.1, -0.05) is 13.3 Å². The third kappa shape index (κ3) is 2.99.